The maximum absolute atomic E-state index is 12.7. The molecular weight excluding hydrogens is 452 g/mol. The highest BCUT2D eigenvalue weighted by Gasteiger charge is 2.27. The number of nitrogens with one attached hydrogen (secondary N) is 2. The van der Waals surface area contributed by atoms with Gasteiger partial charge in [-0.05, 0) is 64.2 Å². The number of fused-ring (bicyclic) bond motifs is 2. The van der Waals surface area contributed by atoms with Crippen molar-refractivity contribution in [2.24, 2.45) is 0 Å². The summed E-state index contributed by atoms with van der Waals surface area (Å²) in [7, 11) is 1.96. The molecule has 0 radical (unpaired) electrons. The summed E-state index contributed by atoms with van der Waals surface area (Å²) in [6.45, 7) is 2.43. The molecule has 0 spiro atoms. The molecule has 2 N–H and O–H groups in total. The molecule has 0 saturated carbocycles. The number of allylic oxidation sites excluding steroid dienone is 3. The van der Waals surface area contributed by atoms with Gasteiger partial charge in [0.05, 0.1) is 17.0 Å². The van der Waals surface area contributed by atoms with Crippen molar-refractivity contribution in [3.8, 4) is 0 Å². The summed E-state index contributed by atoms with van der Waals surface area (Å²) in [5, 5.41) is 3.15. The van der Waals surface area contributed by atoms with Crippen molar-refractivity contribution in [1.29, 1.82) is 0 Å². The Balaban J connectivity index is 1.55. The minimum Gasteiger partial charge on any atom is -0.324 e. The van der Waals surface area contributed by atoms with Crippen LogP contribution in [0, 0.1) is 0 Å². The number of aromatic nitrogens is 2. The molecule has 1 amide bonds. The van der Waals surface area contributed by atoms with Crippen molar-refractivity contribution in [2.45, 2.75) is 37.1 Å². The normalized spacial score (nSPS) is 16.9. The molecule has 4 rings (SSSR count). The molecule has 0 saturated heterocycles. The number of carbonyl (C=O) groups excluding carboxylic acids is 1. The second-order valence-electron chi connectivity index (χ2n) is 8.94. The maximum Gasteiger partial charge on any atom is 0.240 e. The van der Waals surface area contributed by atoms with Crippen LogP contribution in [-0.4, -0.2) is 67.8 Å². The molecule has 9 nitrogen and oxygen atoms in total. The van der Waals surface area contributed by atoms with E-state index in [1.807, 2.05) is 32.0 Å². The van der Waals surface area contributed by atoms with Gasteiger partial charge in [-0.2, -0.15) is 0 Å². The number of hydrogen-bond donors (Lipinski definition) is 2. The first-order chi connectivity index (χ1) is 16.1. The van der Waals surface area contributed by atoms with Crippen molar-refractivity contribution in [3.63, 3.8) is 0 Å². The molecule has 1 unspecified atom stereocenters. The van der Waals surface area contributed by atoms with Crippen molar-refractivity contribution in [3.05, 3.63) is 59.6 Å². The molecule has 2 aromatic rings. The Hall–Kier alpha value is -3.08. The van der Waals surface area contributed by atoms with Gasteiger partial charge in [0, 0.05) is 48.4 Å². The molecule has 1 aliphatic heterocycles. The van der Waals surface area contributed by atoms with E-state index in [9.17, 15) is 13.2 Å². The lowest BCUT2D eigenvalue weighted by molar-refractivity contribution is -0.127. The van der Waals surface area contributed by atoms with Gasteiger partial charge in [-0.15, -0.1) is 0 Å². The fraction of sp³-hybridized carbons (Fsp3) is 0.375. The van der Waals surface area contributed by atoms with E-state index in [-0.39, 0.29) is 23.3 Å². The zero-order valence-corrected chi connectivity index (χ0v) is 20.7. The first kappa shape index (κ1) is 24.1. The number of likely N-dealkylation sites (N-methyl/N-ethyl adjacent to an activating group) is 2. The largest absolute Gasteiger partial charge is 0.324 e. The van der Waals surface area contributed by atoms with Crippen LogP contribution in [0.3, 0.4) is 0 Å². The summed E-state index contributed by atoms with van der Waals surface area (Å²) in [6.07, 6.45) is 7.69. The number of carbonyl (C=O) groups is 1. The zero-order chi connectivity index (χ0) is 24.5. The van der Waals surface area contributed by atoms with Crippen molar-refractivity contribution in [2.75, 3.05) is 33.0 Å². The molecule has 34 heavy (non-hydrogen) atoms. The van der Waals surface area contributed by atoms with E-state index >= 15 is 0 Å². The molecule has 1 aromatic carbocycles. The van der Waals surface area contributed by atoms with Crippen LogP contribution in [0.15, 0.2) is 53.2 Å². The molecule has 2 heterocycles. The maximum atomic E-state index is 12.7. The van der Waals surface area contributed by atoms with Gasteiger partial charge in [0.25, 0.3) is 0 Å². The molecule has 1 aliphatic carbocycles. The van der Waals surface area contributed by atoms with Gasteiger partial charge in [-0.1, -0.05) is 6.08 Å². The van der Waals surface area contributed by atoms with Crippen molar-refractivity contribution >= 4 is 33.1 Å². The summed E-state index contributed by atoms with van der Waals surface area (Å²) >= 11 is 0. The fourth-order valence-electron chi connectivity index (χ4n) is 4.24. The van der Waals surface area contributed by atoms with Gasteiger partial charge in [-0.25, -0.2) is 23.1 Å². The summed E-state index contributed by atoms with van der Waals surface area (Å²) in [6, 6.07) is 6.26. The van der Waals surface area contributed by atoms with Gasteiger partial charge >= 0.3 is 0 Å². The van der Waals surface area contributed by atoms with Crippen LogP contribution in [-0.2, 0) is 21.2 Å². The van der Waals surface area contributed by atoms with Crippen molar-refractivity contribution < 1.29 is 13.2 Å². The number of amides is 1. The van der Waals surface area contributed by atoms with Gasteiger partial charge in [0.1, 0.15) is 0 Å². The topological polar surface area (TPSA) is 108 Å². The second-order valence-corrected chi connectivity index (χ2v) is 10.6. The van der Waals surface area contributed by atoms with Gasteiger partial charge in [0.2, 0.25) is 21.9 Å². The third-order valence-corrected chi connectivity index (χ3v) is 7.39. The Kier molecular flexibility index (Phi) is 6.83. The Labute approximate surface area is 200 Å². The Morgan fingerprint density at radius 1 is 1.21 bits per heavy atom. The van der Waals surface area contributed by atoms with Crippen LogP contribution >= 0.6 is 0 Å². The average Bonchev–Trinajstić information content (AvgIpc) is 2.88. The van der Waals surface area contributed by atoms with E-state index in [4.69, 9.17) is 4.98 Å². The number of sulfonamides is 1. The number of rotatable bonds is 7. The first-order valence-electron chi connectivity index (χ1n) is 11.2. The second kappa shape index (κ2) is 9.65. The average molecular weight is 483 g/mol. The monoisotopic (exact) mass is 482 g/mol. The molecule has 1 aromatic heterocycles. The predicted octanol–water partition coefficient (Wildman–Crippen LogP) is 2.52. The van der Waals surface area contributed by atoms with Gasteiger partial charge < -0.3 is 15.1 Å². The fourth-order valence-corrected chi connectivity index (χ4v) is 5.48. The first-order valence-corrected chi connectivity index (χ1v) is 12.7. The Morgan fingerprint density at radius 3 is 2.65 bits per heavy atom. The summed E-state index contributed by atoms with van der Waals surface area (Å²) in [4.78, 5) is 25.5. The summed E-state index contributed by atoms with van der Waals surface area (Å²) in [5.74, 6) is 0.401. The predicted molar refractivity (Wildman–Crippen MR) is 132 cm³/mol. The molecule has 180 valence electrons. The smallest absolute Gasteiger partial charge is 0.240 e. The van der Waals surface area contributed by atoms with E-state index < -0.39 is 10.0 Å². The number of anilines is 2. The molecule has 1 atom stereocenters. The molecule has 10 heteroatoms. The molecule has 2 aliphatic rings. The van der Waals surface area contributed by atoms with Crippen LogP contribution in [0.4, 0.5) is 11.6 Å². The lowest BCUT2D eigenvalue weighted by Gasteiger charge is -2.21. The minimum atomic E-state index is -3.62. The van der Waals surface area contributed by atoms with Gasteiger partial charge in [-0.3, -0.25) is 4.79 Å². The van der Waals surface area contributed by atoms with Crippen LogP contribution in [0.25, 0.3) is 5.57 Å². The number of hydrogen-bond acceptors (Lipinski definition) is 7. The number of benzene rings is 1. The SMILES string of the molecule is CC(CN(C)C)NS(=O)(=O)c1ccc(Nc2ncc3c(n2)C2=C(C=CCC2)N(C)C(=O)C3)cc1. The number of nitrogens with zero attached hydrogens (tertiary/aromatic N) is 4. The summed E-state index contributed by atoms with van der Waals surface area (Å²) < 4.78 is 28.0. The Bertz CT molecular complexity index is 1250. The van der Waals surface area contributed by atoms with E-state index in [1.165, 1.54) is 0 Å². The standard InChI is InChI=1S/C24H30N6O3S/c1-16(15-29(2)3)28-34(32,33)19-11-9-18(10-12-19)26-24-25-14-17-13-22(31)30(4)21-8-6-5-7-20(21)23(17)27-24/h6,8-12,14,16,28H,5,7,13,15H2,1-4H3,(H,25,26,27). The third-order valence-electron chi connectivity index (χ3n) is 5.79. The van der Waals surface area contributed by atoms with E-state index in [0.717, 1.165) is 35.4 Å². The Morgan fingerprint density at radius 2 is 1.94 bits per heavy atom. The van der Waals surface area contributed by atoms with E-state index in [2.05, 4.69) is 21.1 Å². The highest BCUT2D eigenvalue weighted by atomic mass is 32.2. The highest BCUT2D eigenvalue weighted by Crippen LogP contribution is 2.34. The minimum absolute atomic E-state index is 0.00687. The quantitative estimate of drug-likeness (QED) is 0.624. The van der Waals surface area contributed by atoms with Crippen LogP contribution < -0.4 is 10.0 Å². The molecule has 0 bridgehead atoms. The zero-order valence-electron chi connectivity index (χ0n) is 19.9. The van der Waals surface area contributed by atoms with E-state index in [0.29, 0.717) is 18.2 Å². The highest BCUT2D eigenvalue weighted by molar-refractivity contribution is 7.89. The van der Waals surface area contributed by atoms with Gasteiger partial charge in [0.15, 0.2) is 0 Å². The summed E-state index contributed by atoms with van der Waals surface area (Å²) in [5.41, 5.74) is 4.18. The lowest BCUT2D eigenvalue weighted by atomic mass is 9.96. The van der Waals surface area contributed by atoms with Crippen molar-refractivity contribution in [1.82, 2.24) is 24.5 Å². The molecule has 0 fully saturated rings. The lowest BCUT2D eigenvalue weighted by Crippen LogP contribution is -2.39. The van der Waals surface area contributed by atoms with Crippen LogP contribution in [0.2, 0.25) is 0 Å². The van der Waals surface area contributed by atoms with E-state index in [1.54, 1.807) is 42.4 Å². The van der Waals surface area contributed by atoms with Crippen LogP contribution in [0.5, 0.6) is 0 Å². The van der Waals surface area contributed by atoms with Crippen LogP contribution in [0.1, 0.15) is 31.0 Å². The third kappa shape index (κ3) is 5.19. The molecular formula is C24H30N6O3S.